The number of hydrogen-bond donors (Lipinski definition) is 1. The first kappa shape index (κ1) is 14.9. The highest BCUT2D eigenvalue weighted by Gasteiger charge is 2.24. The number of carbonyl (C=O) groups excluding carboxylic acids is 1. The van der Waals surface area contributed by atoms with Crippen LogP contribution in [0, 0.1) is 21.7 Å². The molecule has 0 aliphatic carbocycles. The summed E-state index contributed by atoms with van der Waals surface area (Å²) in [5.41, 5.74) is -0.119. The van der Waals surface area contributed by atoms with E-state index in [1.54, 1.807) is 0 Å². The third-order valence-corrected chi connectivity index (χ3v) is 2.01. The van der Waals surface area contributed by atoms with E-state index in [-0.39, 0.29) is 13.2 Å². The number of nitrogens with zero attached hydrogens (tertiary/aromatic N) is 1. The predicted octanol–water partition coefficient (Wildman–Crippen LogP) is 1.18. The highest BCUT2D eigenvalue weighted by molar-refractivity contribution is 5.94. The molecule has 9 heteroatoms. The molecule has 19 heavy (non-hydrogen) atoms. The Hall–Kier alpha value is -2.13. The van der Waals surface area contributed by atoms with Crippen molar-refractivity contribution in [1.82, 2.24) is 5.48 Å². The first-order valence-corrected chi connectivity index (χ1v) is 5.02. The number of carbonyl (C=O) groups is 1. The molecule has 1 amide bonds. The maximum atomic E-state index is 13.6. The van der Waals surface area contributed by atoms with E-state index >= 15 is 0 Å². The van der Waals surface area contributed by atoms with Crippen LogP contribution >= 0.6 is 0 Å². The topological polar surface area (TPSA) is 90.7 Å². The summed E-state index contributed by atoms with van der Waals surface area (Å²) in [6, 6.07) is 0.926. The average Bonchev–Trinajstić information content (AvgIpc) is 2.36. The SMILES string of the molecule is COCCONC(=O)c1cc(F)cc([N+](=O)[O-])c1F. The first-order valence-electron chi connectivity index (χ1n) is 5.02. The molecular formula is C10H10F2N2O5. The van der Waals surface area contributed by atoms with Gasteiger partial charge in [-0.05, 0) is 6.07 Å². The minimum absolute atomic E-state index is 0.0126. The van der Waals surface area contributed by atoms with Crippen LogP contribution in [0.3, 0.4) is 0 Å². The number of ether oxygens (including phenoxy) is 1. The van der Waals surface area contributed by atoms with Crippen LogP contribution in [0.5, 0.6) is 0 Å². The molecule has 0 aliphatic heterocycles. The van der Waals surface area contributed by atoms with Gasteiger partial charge >= 0.3 is 5.69 Å². The molecule has 7 nitrogen and oxygen atoms in total. The Morgan fingerprint density at radius 1 is 1.42 bits per heavy atom. The van der Waals surface area contributed by atoms with Gasteiger partial charge < -0.3 is 4.74 Å². The Labute approximate surface area is 106 Å². The molecule has 0 fully saturated rings. The Kier molecular flexibility index (Phi) is 5.27. The highest BCUT2D eigenvalue weighted by Crippen LogP contribution is 2.22. The van der Waals surface area contributed by atoms with Crippen molar-refractivity contribution >= 4 is 11.6 Å². The average molecular weight is 276 g/mol. The highest BCUT2D eigenvalue weighted by atomic mass is 19.1. The zero-order valence-electron chi connectivity index (χ0n) is 9.81. The fourth-order valence-electron chi connectivity index (χ4n) is 1.17. The molecule has 1 aromatic rings. The molecule has 0 bridgehead atoms. The maximum Gasteiger partial charge on any atom is 0.308 e. The van der Waals surface area contributed by atoms with E-state index in [4.69, 9.17) is 0 Å². The lowest BCUT2D eigenvalue weighted by Crippen LogP contribution is -2.26. The third kappa shape index (κ3) is 3.93. The molecule has 0 atom stereocenters. The molecule has 0 aromatic heterocycles. The van der Waals surface area contributed by atoms with Crippen LogP contribution in [0.15, 0.2) is 12.1 Å². The number of methoxy groups -OCH3 is 1. The second kappa shape index (κ2) is 6.71. The maximum absolute atomic E-state index is 13.6. The van der Waals surface area contributed by atoms with E-state index < -0.39 is 33.7 Å². The van der Waals surface area contributed by atoms with E-state index in [9.17, 15) is 23.7 Å². The summed E-state index contributed by atoms with van der Waals surface area (Å²) in [5, 5.41) is 10.5. The fourth-order valence-corrected chi connectivity index (χ4v) is 1.17. The summed E-state index contributed by atoms with van der Waals surface area (Å²) >= 11 is 0. The normalized spacial score (nSPS) is 10.3. The van der Waals surface area contributed by atoms with Crippen molar-refractivity contribution in [2.45, 2.75) is 0 Å². The van der Waals surface area contributed by atoms with Crippen LogP contribution in [0.4, 0.5) is 14.5 Å². The van der Waals surface area contributed by atoms with Gasteiger partial charge in [0.2, 0.25) is 5.82 Å². The van der Waals surface area contributed by atoms with E-state index in [1.165, 1.54) is 7.11 Å². The van der Waals surface area contributed by atoms with Gasteiger partial charge in [-0.2, -0.15) is 4.39 Å². The molecule has 0 radical (unpaired) electrons. The molecule has 0 saturated carbocycles. The van der Waals surface area contributed by atoms with E-state index in [2.05, 4.69) is 9.57 Å². The summed E-state index contributed by atoms with van der Waals surface area (Å²) in [7, 11) is 1.40. The Morgan fingerprint density at radius 2 is 2.11 bits per heavy atom. The summed E-state index contributed by atoms with van der Waals surface area (Å²) in [4.78, 5) is 25.4. The zero-order chi connectivity index (χ0) is 14.4. The number of nitrogens with one attached hydrogen (secondary N) is 1. The zero-order valence-corrected chi connectivity index (χ0v) is 9.81. The number of nitro groups is 1. The second-order valence-electron chi connectivity index (χ2n) is 3.32. The van der Waals surface area contributed by atoms with E-state index in [0.29, 0.717) is 12.1 Å². The van der Waals surface area contributed by atoms with Gasteiger partial charge in [0, 0.05) is 7.11 Å². The van der Waals surface area contributed by atoms with Gasteiger partial charge in [-0.25, -0.2) is 9.87 Å². The first-order chi connectivity index (χ1) is 8.97. The molecule has 0 spiro atoms. The molecule has 0 heterocycles. The van der Waals surface area contributed by atoms with Crippen molar-refractivity contribution in [1.29, 1.82) is 0 Å². The molecule has 1 N–H and O–H groups in total. The number of benzene rings is 1. The Morgan fingerprint density at radius 3 is 2.68 bits per heavy atom. The number of hydrogen-bond acceptors (Lipinski definition) is 5. The molecule has 0 unspecified atom stereocenters. The predicted molar refractivity (Wildman–Crippen MR) is 58.3 cm³/mol. The standard InChI is InChI=1S/C10H10F2N2O5/c1-18-2-3-19-13-10(15)7-4-6(11)5-8(9(7)12)14(16)17/h4-5H,2-3H2,1H3,(H,13,15). The minimum atomic E-state index is -1.43. The largest absolute Gasteiger partial charge is 0.382 e. The molecule has 1 rings (SSSR count). The quantitative estimate of drug-likeness (QED) is 0.478. The Bertz CT molecular complexity index is 495. The molecule has 1 aromatic carbocycles. The lowest BCUT2D eigenvalue weighted by molar-refractivity contribution is -0.387. The summed E-state index contributed by atoms with van der Waals surface area (Å²) < 4.78 is 31.3. The number of halogens is 2. The monoisotopic (exact) mass is 276 g/mol. The van der Waals surface area contributed by atoms with Crippen molar-refractivity contribution < 1.29 is 28.1 Å². The van der Waals surface area contributed by atoms with Crippen molar-refractivity contribution in [3.8, 4) is 0 Å². The number of rotatable bonds is 6. The van der Waals surface area contributed by atoms with Crippen LogP contribution in [0.1, 0.15) is 10.4 Å². The summed E-state index contributed by atoms with van der Waals surface area (Å²) in [6.45, 7) is 0.160. The van der Waals surface area contributed by atoms with Crippen molar-refractivity contribution in [3.63, 3.8) is 0 Å². The van der Waals surface area contributed by atoms with Gasteiger partial charge in [0.05, 0.1) is 29.8 Å². The van der Waals surface area contributed by atoms with Crippen LogP contribution in [0.2, 0.25) is 0 Å². The Balaban J connectivity index is 2.88. The van der Waals surface area contributed by atoms with Crippen LogP contribution < -0.4 is 5.48 Å². The van der Waals surface area contributed by atoms with Gasteiger partial charge in [0.25, 0.3) is 5.91 Å². The molecule has 104 valence electrons. The van der Waals surface area contributed by atoms with Gasteiger partial charge in [-0.1, -0.05) is 0 Å². The van der Waals surface area contributed by atoms with Crippen molar-refractivity contribution in [2.24, 2.45) is 0 Å². The van der Waals surface area contributed by atoms with Gasteiger partial charge in [-0.15, -0.1) is 0 Å². The van der Waals surface area contributed by atoms with E-state index in [0.717, 1.165) is 0 Å². The number of nitro benzene ring substituents is 1. The minimum Gasteiger partial charge on any atom is -0.382 e. The van der Waals surface area contributed by atoms with E-state index in [1.807, 2.05) is 5.48 Å². The van der Waals surface area contributed by atoms with Gasteiger partial charge in [0.15, 0.2) is 0 Å². The van der Waals surface area contributed by atoms with Crippen LogP contribution in [0.25, 0.3) is 0 Å². The van der Waals surface area contributed by atoms with Gasteiger partial charge in [0.1, 0.15) is 5.82 Å². The van der Waals surface area contributed by atoms with Crippen molar-refractivity contribution in [2.75, 3.05) is 20.3 Å². The lowest BCUT2D eigenvalue weighted by atomic mass is 10.1. The fraction of sp³-hybridized carbons (Fsp3) is 0.300. The second-order valence-corrected chi connectivity index (χ2v) is 3.32. The molecular weight excluding hydrogens is 266 g/mol. The smallest absolute Gasteiger partial charge is 0.308 e. The van der Waals surface area contributed by atoms with Gasteiger partial charge in [-0.3, -0.25) is 19.7 Å². The summed E-state index contributed by atoms with van der Waals surface area (Å²) in [5.74, 6) is -3.66. The summed E-state index contributed by atoms with van der Waals surface area (Å²) in [6.07, 6.45) is 0. The van der Waals surface area contributed by atoms with Crippen molar-refractivity contribution in [3.05, 3.63) is 39.4 Å². The molecule has 0 saturated heterocycles. The number of hydroxylamine groups is 1. The molecule has 0 aliphatic rings. The van der Waals surface area contributed by atoms with Crippen LogP contribution in [-0.4, -0.2) is 31.2 Å². The number of amides is 1. The lowest BCUT2D eigenvalue weighted by Gasteiger charge is -2.06. The third-order valence-electron chi connectivity index (χ3n) is 2.01. The van der Waals surface area contributed by atoms with Crippen LogP contribution in [-0.2, 0) is 9.57 Å².